The molecule has 0 aliphatic carbocycles. The molecule has 3 rings (SSSR count). The zero-order valence-corrected chi connectivity index (χ0v) is 12.9. The predicted octanol–water partition coefficient (Wildman–Crippen LogP) is 2.11. The fraction of sp³-hybridized carbons (Fsp3) is 0.529. The lowest BCUT2D eigenvalue weighted by Crippen LogP contribution is -2.36. The lowest BCUT2D eigenvalue weighted by molar-refractivity contribution is -0.133. The Bertz CT molecular complexity index is 577. The number of nitrogens with zero attached hydrogens (tertiary/aromatic N) is 2. The van der Waals surface area contributed by atoms with Gasteiger partial charge in [-0.25, -0.2) is 5.01 Å². The second-order valence-electron chi connectivity index (χ2n) is 6.11. The van der Waals surface area contributed by atoms with E-state index in [4.69, 9.17) is 0 Å². The molecule has 0 saturated carbocycles. The van der Waals surface area contributed by atoms with Crippen LogP contribution in [0.1, 0.15) is 43.4 Å². The van der Waals surface area contributed by atoms with Crippen molar-refractivity contribution in [2.75, 3.05) is 13.1 Å². The average Bonchev–Trinajstić information content (AvgIpc) is 2.72. The summed E-state index contributed by atoms with van der Waals surface area (Å²) in [5.74, 6) is 0.132. The van der Waals surface area contributed by atoms with E-state index in [2.05, 4.69) is 28.6 Å². The smallest absolute Gasteiger partial charge is 0.243 e. The van der Waals surface area contributed by atoms with Gasteiger partial charge in [0.05, 0.1) is 5.71 Å². The van der Waals surface area contributed by atoms with Crippen LogP contribution in [0, 0.1) is 0 Å². The molecule has 0 fully saturated rings. The molecule has 0 bridgehead atoms. The molecule has 0 spiro atoms. The molecule has 21 heavy (non-hydrogen) atoms. The molecular formula is C17H23N3O. The molecule has 4 heteroatoms. The van der Waals surface area contributed by atoms with E-state index in [-0.39, 0.29) is 11.9 Å². The first-order chi connectivity index (χ1) is 10.1. The number of rotatable bonds is 2. The van der Waals surface area contributed by atoms with Gasteiger partial charge in [-0.2, -0.15) is 5.10 Å². The molecule has 2 aliphatic heterocycles. The van der Waals surface area contributed by atoms with Crippen molar-refractivity contribution in [3.8, 4) is 0 Å². The highest BCUT2D eigenvalue weighted by atomic mass is 16.2. The van der Waals surface area contributed by atoms with Gasteiger partial charge in [-0.05, 0) is 62.5 Å². The first-order valence-electron chi connectivity index (χ1n) is 7.87. The van der Waals surface area contributed by atoms with Crippen LogP contribution in [0.2, 0.25) is 0 Å². The molecule has 1 aromatic rings. The lowest BCUT2D eigenvalue weighted by Gasteiger charge is -2.27. The highest BCUT2D eigenvalue weighted by molar-refractivity contribution is 6.04. The number of hydrogen-bond donors (Lipinski definition) is 1. The van der Waals surface area contributed by atoms with E-state index in [0.29, 0.717) is 6.42 Å². The zero-order chi connectivity index (χ0) is 14.8. The van der Waals surface area contributed by atoms with Crippen LogP contribution >= 0.6 is 0 Å². The van der Waals surface area contributed by atoms with E-state index in [9.17, 15) is 4.79 Å². The summed E-state index contributed by atoms with van der Waals surface area (Å²) in [6.45, 7) is 6.11. The normalized spacial score (nSPS) is 19.3. The number of hydrazone groups is 1. The van der Waals surface area contributed by atoms with Gasteiger partial charge in [-0.1, -0.05) is 12.1 Å². The minimum atomic E-state index is 0.123. The van der Waals surface area contributed by atoms with Gasteiger partial charge in [0.1, 0.15) is 0 Å². The van der Waals surface area contributed by atoms with Crippen LogP contribution in [0.25, 0.3) is 0 Å². The van der Waals surface area contributed by atoms with Gasteiger partial charge in [0.2, 0.25) is 5.91 Å². The summed E-state index contributed by atoms with van der Waals surface area (Å²) in [6.07, 6.45) is 3.48. The minimum absolute atomic E-state index is 0.123. The second kappa shape index (κ2) is 5.98. The SMILES string of the molecule is CC(C)N1N=C(c2ccc3c(c2)CCNCC3)CCC1=O. The van der Waals surface area contributed by atoms with Crippen molar-refractivity contribution in [2.24, 2.45) is 5.10 Å². The number of fused-ring (bicyclic) bond motifs is 1. The summed E-state index contributed by atoms with van der Waals surface area (Å²) in [4.78, 5) is 11.9. The van der Waals surface area contributed by atoms with Crippen molar-refractivity contribution in [2.45, 2.75) is 45.6 Å². The molecule has 1 aromatic carbocycles. The summed E-state index contributed by atoms with van der Waals surface area (Å²) in [7, 11) is 0. The molecule has 1 amide bonds. The topological polar surface area (TPSA) is 44.7 Å². The molecule has 0 unspecified atom stereocenters. The number of hydrogen-bond acceptors (Lipinski definition) is 3. The number of amides is 1. The van der Waals surface area contributed by atoms with Crippen LogP contribution in [0.15, 0.2) is 23.3 Å². The fourth-order valence-electron chi connectivity index (χ4n) is 3.03. The van der Waals surface area contributed by atoms with Gasteiger partial charge in [-0.15, -0.1) is 0 Å². The summed E-state index contributed by atoms with van der Waals surface area (Å²) in [6, 6.07) is 6.79. The first kappa shape index (κ1) is 14.3. The molecule has 2 heterocycles. The van der Waals surface area contributed by atoms with Crippen LogP contribution < -0.4 is 5.32 Å². The maximum absolute atomic E-state index is 11.9. The molecule has 2 aliphatic rings. The van der Waals surface area contributed by atoms with Gasteiger partial charge < -0.3 is 5.32 Å². The minimum Gasteiger partial charge on any atom is -0.316 e. The molecule has 0 aromatic heterocycles. The van der Waals surface area contributed by atoms with Crippen LogP contribution in [0.3, 0.4) is 0 Å². The van der Waals surface area contributed by atoms with E-state index in [0.717, 1.165) is 38.1 Å². The molecule has 112 valence electrons. The number of benzene rings is 1. The highest BCUT2D eigenvalue weighted by Gasteiger charge is 2.23. The Kier molecular flexibility index (Phi) is 4.06. The van der Waals surface area contributed by atoms with Crippen molar-refractivity contribution in [3.63, 3.8) is 0 Å². The molecule has 1 N–H and O–H groups in total. The van der Waals surface area contributed by atoms with Gasteiger partial charge >= 0.3 is 0 Å². The third-order valence-electron chi connectivity index (χ3n) is 4.23. The summed E-state index contributed by atoms with van der Waals surface area (Å²) < 4.78 is 0. The van der Waals surface area contributed by atoms with Gasteiger partial charge in [0, 0.05) is 18.9 Å². The van der Waals surface area contributed by atoms with Crippen molar-refractivity contribution >= 4 is 11.6 Å². The molecule has 0 radical (unpaired) electrons. The maximum Gasteiger partial charge on any atom is 0.243 e. The Balaban J connectivity index is 1.91. The third-order valence-corrected chi connectivity index (χ3v) is 4.23. The fourth-order valence-corrected chi connectivity index (χ4v) is 3.03. The van der Waals surface area contributed by atoms with Crippen LogP contribution in [0.5, 0.6) is 0 Å². The van der Waals surface area contributed by atoms with Gasteiger partial charge in [-0.3, -0.25) is 4.79 Å². The Hall–Kier alpha value is -1.68. The van der Waals surface area contributed by atoms with Crippen LogP contribution in [-0.2, 0) is 17.6 Å². The number of carbonyl (C=O) groups excluding carboxylic acids is 1. The standard InChI is InChI=1S/C17H23N3O/c1-12(2)20-17(21)6-5-16(19-20)15-4-3-13-7-9-18-10-8-14(13)11-15/h3-4,11-12,18H,5-10H2,1-2H3. The van der Waals surface area contributed by atoms with E-state index < -0.39 is 0 Å². The Morgan fingerprint density at radius 1 is 1.10 bits per heavy atom. The van der Waals surface area contributed by atoms with Gasteiger partial charge in [0.15, 0.2) is 0 Å². The highest BCUT2D eigenvalue weighted by Crippen LogP contribution is 2.21. The monoisotopic (exact) mass is 285 g/mol. The quantitative estimate of drug-likeness (QED) is 0.904. The van der Waals surface area contributed by atoms with Crippen LogP contribution in [0.4, 0.5) is 0 Å². The van der Waals surface area contributed by atoms with Crippen molar-refractivity contribution < 1.29 is 4.79 Å². The largest absolute Gasteiger partial charge is 0.316 e. The van der Waals surface area contributed by atoms with Crippen molar-refractivity contribution in [1.29, 1.82) is 0 Å². The van der Waals surface area contributed by atoms with E-state index in [1.807, 2.05) is 13.8 Å². The predicted molar refractivity (Wildman–Crippen MR) is 84.5 cm³/mol. The summed E-state index contributed by atoms with van der Waals surface area (Å²) in [5.41, 5.74) is 5.09. The molecular weight excluding hydrogens is 262 g/mol. The van der Waals surface area contributed by atoms with Crippen molar-refractivity contribution in [3.05, 3.63) is 34.9 Å². The number of carbonyl (C=O) groups is 1. The molecule has 4 nitrogen and oxygen atoms in total. The maximum atomic E-state index is 11.9. The zero-order valence-electron chi connectivity index (χ0n) is 12.9. The summed E-state index contributed by atoms with van der Waals surface area (Å²) >= 11 is 0. The Morgan fingerprint density at radius 3 is 2.62 bits per heavy atom. The van der Waals surface area contributed by atoms with E-state index in [1.165, 1.54) is 16.7 Å². The molecule has 0 saturated heterocycles. The first-order valence-corrected chi connectivity index (χ1v) is 7.87. The Morgan fingerprint density at radius 2 is 1.86 bits per heavy atom. The van der Waals surface area contributed by atoms with Crippen molar-refractivity contribution in [1.82, 2.24) is 10.3 Å². The molecule has 0 atom stereocenters. The average molecular weight is 285 g/mol. The second-order valence-corrected chi connectivity index (χ2v) is 6.11. The van der Waals surface area contributed by atoms with Crippen LogP contribution in [-0.4, -0.2) is 35.8 Å². The third kappa shape index (κ3) is 3.00. The Labute approximate surface area is 126 Å². The van der Waals surface area contributed by atoms with E-state index in [1.54, 1.807) is 5.01 Å². The van der Waals surface area contributed by atoms with Gasteiger partial charge in [0.25, 0.3) is 0 Å². The lowest BCUT2D eigenvalue weighted by atomic mass is 9.96. The number of nitrogens with one attached hydrogen (secondary N) is 1. The van der Waals surface area contributed by atoms with E-state index >= 15 is 0 Å². The summed E-state index contributed by atoms with van der Waals surface area (Å²) in [5, 5.41) is 9.66.